The van der Waals surface area contributed by atoms with Gasteiger partial charge in [-0.25, -0.2) is 0 Å². The number of piperidine rings is 1. The lowest BCUT2D eigenvalue weighted by atomic mass is 9.99. The van der Waals surface area contributed by atoms with Crippen LogP contribution in [0.25, 0.3) is 0 Å². The minimum atomic E-state index is -4.10. The Morgan fingerprint density at radius 3 is 2.55 bits per heavy atom. The van der Waals surface area contributed by atoms with Gasteiger partial charge in [0.25, 0.3) is 0 Å². The zero-order chi connectivity index (χ0) is 16.2. The molecule has 0 amide bonds. The minimum absolute atomic E-state index is 0.192. The van der Waals surface area contributed by atoms with E-state index < -0.39 is 12.7 Å². The van der Waals surface area contributed by atoms with Crippen molar-refractivity contribution in [3.05, 3.63) is 34.9 Å². The third kappa shape index (κ3) is 5.45. The molecule has 1 atom stereocenters. The number of rotatable bonds is 5. The Labute approximate surface area is 134 Å². The highest BCUT2D eigenvalue weighted by Gasteiger charge is 2.32. The molecule has 1 aromatic carbocycles. The molecule has 0 radical (unpaired) electrons. The van der Waals surface area contributed by atoms with Gasteiger partial charge in [-0.15, -0.1) is 0 Å². The van der Waals surface area contributed by atoms with Crippen LogP contribution in [0.15, 0.2) is 24.3 Å². The lowest BCUT2D eigenvalue weighted by molar-refractivity contribution is -0.148. The van der Waals surface area contributed by atoms with E-state index in [2.05, 4.69) is 12.2 Å². The molecular formula is C16H22ClF3N2. The Morgan fingerprint density at radius 1 is 1.32 bits per heavy atom. The van der Waals surface area contributed by atoms with E-state index in [4.69, 9.17) is 11.6 Å². The first-order valence-electron chi connectivity index (χ1n) is 7.68. The molecule has 1 saturated heterocycles. The van der Waals surface area contributed by atoms with E-state index in [1.807, 2.05) is 24.3 Å². The molecule has 0 saturated carbocycles. The van der Waals surface area contributed by atoms with E-state index in [1.165, 1.54) is 4.90 Å². The molecule has 1 N–H and O–H groups in total. The Balaban J connectivity index is 1.86. The molecule has 0 aromatic heterocycles. The number of nitrogens with one attached hydrogen (secondary N) is 1. The molecule has 2 nitrogen and oxygen atoms in total. The van der Waals surface area contributed by atoms with Crippen molar-refractivity contribution in [1.82, 2.24) is 10.2 Å². The lowest BCUT2D eigenvalue weighted by Crippen LogP contribution is -2.46. The second-order valence-electron chi connectivity index (χ2n) is 5.85. The molecule has 22 heavy (non-hydrogen) atoms. The quantitative estimate of drug-likeness (QED) is 0.858. The average molecular weight is 335 g/mol. The maximum atomic E-state index is 12.4. The van der Waals surface area contributed by atoms with Gasteiger partial charge in [0, 0.05) is 17.1 Å². The van der Waals surface area contributed by atoms with Crippen LogP contribution in [0.2, 0.25) is 5.02 Å². The minimum Gasteiger partial charge on any atom is -0.307 e. The van der Waals surface area contributed by atoms with E-state index in [0.717, 1.165) is 24.8 Å². The summed E-state index contributed by atoms with van der Waals surface area (Å²) in [6.07, 6.45) is -1.70. The predicted octanol–water partition coefficient (Wildman–Crippen LogP) is 4.41. The van der Waals surface area contributed by atoms with Crippen LogP contribution in [0.3, 0.4) is 0 Å². The number of halogens is 4. The van der Waals surface area contributed by atoms with Gasteiger partial charge in [0.05, 0.1) is 6.54 Å². The third-order valence-electron chi connectivity index (χ3n) is 4.09. The first-order chi connectivity index (χ1) is 10.4. The summed E-state index contributed by atoms with van der Waals surface area (Å²) in [6.45, 7) is 2.27. The van der Waals surface area contributed by atoms with Crippen LogP contribution < -0.4 is 5.32 Å². The highest BCUT2D eigenvalue weighted by atomic mass is 35.5. The van der Waals surface area contributed by atoms with Crippen molar-refractivity contribution < 1.29 is 13.2 Å². The number of likely N-dealkylation sites (tertiary alicyclic amines) is 1. The first-order valence-corrected chi connectivity index (χ1v) is 8.06. The summed E-state index contributed by atoms with van der Waals surface area (Å²) in [5.41, 5.74) is 1.13. The molecule has 1 heterocycles. The van der Waals surface area contributed by atoms with E-state index in [1.54, 1.807) is 0 Å². The largest absolute Gasteiger partial charge is 0.401 e. The molecule has 0 spiro atoms. The molecule has 6 heteroatoms. The summed E-state index contributed by atoms with van der Waals surface area (Å²) >= 11 is 6.03. The SMILES string of the molecule is CCC(NC1CCN(CC(F)(F)F)CC1)c1cccc(Cl)c1. The Kier molecular flexibility index (Phi) is 6.12. The summed E-state index contributed by atoms with van der Waals surface area (Å²) in [6, 6.07) is 8.19. The number of alkyl halides is 3. The zero-order valence-electron chi connectivity index (χ0n) is 12.7. The van der Waals surface area contributed by atoms with E-state index in [-0.39, 0.29) is 12.1 Å². The molecule has 1 aliphatic heterocycles. The van der Waals surface area contributed by atoms with Crippen molar-refractivity contribution >= 4 is 11.6 Å². The highest BCUT2D eigenvalue weighted by Crippen LogP contribution is 2.24. The van der Waals surface area contributed by atoms with Crippen LogP contribution >= 0.6 is 11.6 Å². The van der Waals surface area contributed by atoms with Crippen LogP contribution in [0.4, 0.5) is 13.2 Å². The Morgan fingerprint density at radius 2 is 2.00 bits per heavy atom. The summed E-state index contributed by atoms with van der Waals surface area (Å²) < 4.78 is 37.2. The highest BCUT2D eigenvalue weighted by molar-refractivity contribution is 6.30. The van der Waals surface area contributed by atoms with Crippen molar-refractivity contribution in [2.75, 3.05) is 19.6 Å². The molecule has 2 rings (SSSR count). The van der Waals surface area contributed by atoms with Crippen molar-refractivity contribution in [2.45, 2.75) is 44.4 Å². The molecule has 1 fully saturated rings. The van der Waals surface area contributed by atoms with E-state index >= 15 is 0 Å². The molecule has 0 aliphatic carbocycles. The second kappa shape index (κ2) is 7.66. The molecule has 1 unspecified atom stereocenters. The summed E-state index contributed by atoms with van der Waals surface area (Å²) in [5, 5.41) is 4.27. The molecule has 1 aromatic rings. The normalized spacial score (nSPS) is 19.3. The molecule has 0 bridgehead atoms. The van der Waals surface area contributed by atoms with Crippen molar-refractivity contribution in [3.8, 4) is 0 Å². The van der Waals surface area contributed by atoms with Crippen molar-refractivity contribution in [3.63, 3.8) is 0 Å². The molecule has 1 aliphatic rings. The predicted molar refractivity (Wildman–Crippen MR) is 83.1 cm³/mol. The van der Waals surface area contributed by atoms with Crippen LogP contribution in [-0.4, -0.2) is 36.8 Å². The smallest absolute Gasteiger partial charge is 0.307 e. The van der Waals surface area contributed by atoms with Crippen molar-refractivity contribution in [1.29, 1.82) is 0 Å². The third-order valence-corrected chi connectivity index (χ3v) is 4.32. The molecule has 124 valence electrons. The Bertz CT molecular complexity index is 471. The summed E-state index contributed by atoms with van der Waals surface area (Å²) in [5.74, 6) is 0. The van der Waals surface area contributed by atoms with Crippen LogP contribution in [-0.2, 0) is 0 Å². The monoisotopic (exact) mass is 334 g/mol. The van der Waals surface area contributed by atoms with Gasteiger partial charge in [0.2, 0.25) is 0 Å². The van der Waals surface area contributed by atoms with E-state index in [0.29, 0.717) is 18.1 Å². The maximum Gasteiger partial charge on any atom is 0.401 e. The van der Waals surface area contributed by atoms with Crippen LogP contribution in [0, 0.1) is 0 Å². The second-order valence-corrected chi connectivity index (χ2v) is 6.28. The fourth-order valence-electron chi connectivity index (χ4n) is 2.97. The lowest BCUT2D eigenvalue weighted by Gasteiger charge is -2.34. The number of hydrogen-bond acceptors (Lipinski definition) is 2. The average Bonchev–Trinajstić information content (AvgIpc) is 2.45. The van der Waals surface area contributed by atoms with Gasteiger partial charge in [-0.05, 0) is 50.0 Å². The standard InChI is InChI=1S/C16H22ClF3N2/c1-2-15(12-4-3-5-13(17)10-12)21-14-6-8-22(9-7-14)11-16(18,19)20/h3-5,10,14-15,21H,2,6-9,11H2,1H3. The topological polar surface area (TPSA) is 15.3 Å². The summed E-state index contributed by atoms with van der Waals surface area (Å²) in [7, 11) is 0. The summed E-state index contributed by atoms with van der Waals surface area (Å²) in [4.78, 5) is 1.48. The van der Waals surface area contributed by atoms with E-state index in [9.17, 15) is 13.2 Å². The first kappa shape index (κ1) is 17.6. The van der Waals surface area contributed by atoms with Gasteiger partial charge in [0.1, 0.15) is 0 Å². The fraction of sp³-hybridized carbons (Fsp3) is 0.625. The Hall–Kier alpha value is -0.780. The van der Waals surface area contributed by atoms with Gasteiger partial charge < -0.3 is 5.32 Å². The van der Waals surface area contributed by atoms with Crippen LogP contribution in [0.5, 0.6) is 0 Å². The van der Waals surface area contributed by atoms with Crippen molar-refractivity contribution in [2.24, 2.45) is 0 Å². The fourth-order valence-corrected chi connectivity index (χ4v) is 3.17. The zero-order valence-corrected chi connectivity index (χ0v) is 13.4. The van der Waals surface area contributed by atoms with Gasteiger partial charge in [0.15, 0.2) is 0 Å². The van der Waals surface area contributed by atoms with Gasteiger partial charge in [-0.1, -0.05) is 30.7 Å². The van der Waals surface area contributed by atoms with Gasteiger partial charge >= 0.3 is 6.18 Å². The molecular weight excluding hydrogens is 313 g/mol. The number of hydrogen-bond donors (Lipinski definition) is 1. The van der Waals surface area contributed by atoms with Crippen LogP contribution in [0.1, 0.15) is 37.8 Å². The number of benzene rings is 1. The van der Waals surface area contributed by atoms with Gasteiger partial charge in [-0.2, -0.15) is 13.2 Å². The van der Waals surface area contributed by atoms with Gasteiger partial charge in [-0.3, -0.25) is 4.90 Å². The maximum absolute atomic E-state index is 12.4. The number of nitrogens with zero attached hydrogens (tertiary/aromatic N) is 1.